The molecule has 0 radical (unpaired) electrons. The van der Waals surface area contributed by atoms with Crippen LogP contribution >= 0.6 is 27.7 Å². The summed E-state index contributed by atoms with van der Waals surface area (Å²) >= 11 is 5.01. The highest BCUT2D eigenvalue weighted by molar-refractivity contribution is 9.11. The number of fused-ring (bicyclic) bond motifs is 1. The molecule has 2 atom stereocenters. The van der Waals surface area contributed by atoms with Crippen molar-refractivity contribution in [2.45, 2.75) is 17.7 Å². The van der Waals surface area contributed by atoms with Crippen LogP contribution in [-0.2, 0) is 11.2 Å². The van der Waals surface area contributed by atoms with Crippen LogP contribution in [0.25, 0.3) is 10.9 Å². The molecule has 3 heterocycles. The molecule has 0 saturated carbocycles. The summed E-state index contributed by atoms with van der Waals surface area (Å²) in [5.74, 6) is -0.0651. The maximum atomic E-state index is 13.3. The number of hydrogen-bond donors (Lipinski definition) is 2. The first-order valence-electron chi connectivity index (χ1n) is 7.81. The number of carbonyl (C=O) groups is 1. The van der Waals surface area contributed by atoms with Gasteiger partial charge < -0.3 is 5.32 Å². The minimum absolute atomic E-state index is 0.141. The topological polar surface area (TPSA) is 83.6 Å². The van der Waals surface area contributed by atoms with Crippen LogP contribution in [0.5, 0.6) is 0 Å². The van der Waals surface area contributed by atoms with Crippen molar-refractivity contribution in [3.8, 4) is 0 Å². The van der Waals surface area contributed by atoms with Crippen LogP contribution in [0.1, 0.15) is 17.3 Å². The molecule has 1 amide bonds. The first kappa shape index (κ1) is 17.2. The normalized spacial score (nSPS) is 19.5. The fourth-order valence-electron chi connectivity index (χ4n) is 2.90. The minimum Gasteiger partial charge on any atom is -0.343 e. The number of H-pyrrole nitrogens is 1. The Labute approximate surface area is 160 Å². The number of hydrogen-bond acceptors (Lipinski definition) is 5. The Morgan fingerprint density at radius 2 is 2.27 bits per heavy atom. The van der Waals surface area contributed by atoms with E-state index in [0.717, 1.165) is 16.2 Å². The lowest BCUT2D eigenvalue weighted by Crippen LogP contribution is -2.36. The van der Waals surface area contributed by atoms with E-state index in [2.05, 4.69) is 41.4 Å². The summed E-state index contributed by atoms with van der Waals surface area (Å²) in [6.45, 7) is 0. The van der Waals surface area contributed by atoms with E-state index in [-0.39, 0.29) is 23.6 Å². The number of carbonyl (C=O) groups excluding carboxylic acids is 1. The van der Waals surface area contributed by atoms with E-state index in [0.29, 0.717) is 16.7 Å². The third kappa shape index (κ3) is 3.36. The number of benzene rings is 1. The van der Waals surface area contributed by atoms with Crippen molar-refractivity contribution in [1.29, 1.82) is 0 Å². The Kier molecular flexibility index (Phi) is 4.73. The second-order valence-corrected chi connectivity index (χ2v) is 7.71. The molecule has 0 bridgehead atoms. The zero-order valence-corrected chi connectivity index (χ0v) is 15.7. The molecule has 1 aliphatic rings. The number of pyridine rings is 1. The van der Waals surface area contributed by atoms with E-state index in [4.69, 9.17) is 0 Å². The summed E-state index contributed by atoms with van der Waals surface area (Å²) in [4.78, 5) is 20.9. The lowest BCUT2D eigenvalue weighted by molar-refractivity contribution is -0.120. The van der Waals surface area contributed by atoms with Gasteiger partial charge in [0.05, 0.1) is 29.4 Å². The smallest absolute Gasteiger partial charge is 0.225 e. The Hall–Kier alpha value is -2.26. The first-order valence-corrected chi connectivity index (χ1v) is 9.54. The number of nitrogens with one attached hydrogen (secondary N) is 2. The molecule has 26 heavy (non-hydrogen) atoms. The SMILES string of the molecule is O=C(Cc1cccc2cc(F)cnc12)NC1SC=C(Br)C1c1nc[nH]n1. The fourth-order valence-corrected chi connectivity index (χ4v) is 4.92. The molecule has 1 aliphatic heterocycles. The molecule has 132 valence electrons. The second-order valence-electron chi connectivity index (χ2n) is 5.78. The minimum atomic E-state index is -0.397. The maximum absolute atomic E-state index is 13.3. The molecule has 2 unspecified atom stereocenters. The van der Waals surface area contributed by atoms with Gasteiger partial charge in [-0.25, -0.2) is 9.37 Å². The van der Waals surface area contributed by atoms with E-state index in [1.807, 2.05) is 11.5 Å². The zero-order valence-electron chi connectivity index (χ0n) is 13.3. The maximum Gasteiger partial charge on any atom is 0.225 e. The lowest BCUT2D eigenvalue weighted by Gasteiger charge is -2.19. The molecule has 4 rings (SSSR count). The molecular weight excluding hydrogens is 421 g/mol. The summed E-state index contributed by atoms with van der Waals surface area (Å²) in [7, 11) is 0. The van der Waals surface area contributed by atoms with Crippen molar-refractivity contribution in [3.63, 3.8) is 0 Å². The Balaban J connectivity index is 1.51. The highest BCUT2D eigenvalue weighted by atomic mass is 79.9. The molecular formula is C17H13BrFN5OS. The molecule has 1 aromatic carbocycles. The number of para-hydroxylation sites is 1. The monoisotopic (exact) mass is 433 g/mol. The van der Waals surface area contributed by atoms with Gasteiger partial charge in [0.1, 0.15) is 12.1 Å². The van der Waals surface area contributed by atoms with Crippen molar-refractivity contribution >= 4 is 44.5 Å². The summed E-state index contributed by atoms with van der Waals surface area (Å²) in [6.07, 6.45) is 2.83. The summed E-state index contributed by atoms with van der Waals surface area (Å²) in [6, 6.07) is 6.82. The molecule has 0 fully saturated rings. The van der Waals surface area contributed by atoms with E-state index < -0.39 is 5.82 Å². The van der Waals surface area contributed by atoms with Gasteiger partial charge in [0, 0.05) is 9.87 Å². The van der Waals surface area contributed by atoms with Crippen LogP contribution in [0.2, 0.25) is 0 Å². The van der Waals surface area contributed by atoms with Crippen molar-refractivity contribution in [3.05, 3.63) is 63.9 Å². The molecule has 6 nitrogen and oxygen atoms in total. The molecule has 2 N–H and O–H groups in total. The summed E-state index contributed by atoms with van der Waals surface area (Å²) < 4.78 is 14.3. The van der Waals surface area contributed by atoms with E-state index in [1.54, 1.807) is 12.1 Å². The van der Waals surface area contributed by atoms with Crippen molar-refractivity contribution in [2.24, 2.45) is 0 Å². The van der Waals surface area contributed by atoms with Crippen molar-refractivity contribution < 1.29 is 9.18 Å². The van der Waals surface area contributed by atoms with Crippen molar-refractivity contribution in [2.75, 3.05) is 0 Å². The fraction of sp³-hybridized carbons (Fsp3) is 0.176. The summed E-state index contributed by atoms with van der Waals surface area (Å²) in [5.41, 5.74) is 1.39. The Morgan fingerprint density at radius 1 is 1.38 bits per heavy atom. The van der Waals surface area contributed by atoms with Crippen LogP contribution in [-0.4, -0.2) is 31.4 Å². The summed E-state index contributed by atoms with van der Waals surface area (Å²) in [5, 5.41) is 12.2. The van der Waals surface area contributed by atoms with Crippen LogP contribution < -0.4 is 5.32 Å². The average molecular weight is 434 g/mol. The van der Waals surface area contributed by atoms with Gasteiger partial charge in [0.2, 0.25) is 5.91 Å². The number of aromatic nitrogens is 4. The van der Waals surface area contributed by atoms with Gasteiger partial charge in [0.15, 0.2) is 5.82 Å². The van der Waals surface area contributed by atoms with Gasteiger partial charge in [-0.2, -0.15) is 5.10 Å². The van der Waals surface area contributed by atoms with Crippen molar-refractivity contribution in [1.82, 2.24) is 25.5 Å². The lowest BCUT2D eigenvalue weighted by atomic mass is 10.1. The number of thioether (sulfide) groups is 1. The standard InChI is InChI=1S/C17H13BrFN5OS/c18-12-7-26-17(14(12)16-21-8-22-24-16)23-13(25)5-10-3-1-2-9-4-11(19)6-20-15(9)10/h1-4,6-8,14,17H,5H2,(H,23,25)(H,21,22,24). The Morgan fingerprint density at radius 3 is 3.08 bits per heavy atom. The molecule has 9 heteroatoms. The quantitative estimate of drug-likeness (QED) is 0.659. The van der Waals surface area contributed by atoms with E-state index >= 15 is 0 Å². The van der Waals surface area contributed by atoms with Gasteiger partial charge in [-0.3, -0.25) is 14.9 Å². The van der Waals surface area contributed by atoms with Gasteiger partial charge in [-0.15, -0.1) is 11.8 Å². The van der Waals surface area contributed by atoms with Gasteiger partial charge in [0.25, 0.3) is 0 Å². The number of nitrogens with zero attached hydrogens (tertiary/aromatic N) is 3. The average Bonchev–Trinajstić information content (AvgIpc) is 3.24. The highest BCUT2D eigenvalue weighted by Crippen LogP contribution is 2.42. The van der Waals surface area contributed by atoms with Crippen LogP contribution in [0.3, 0.4) is 0 Å². The van der Waals surface area contributed by atoms with Crippen LogP contribution in [0, 0.1) is 5.82 Å². The predicted octanol–water partition coefficient (Wildman–Crippen LogP) is 3.24. The first-order chi connectivity index (χ1) is 12.6. The largest absolute Gasteiger partial charge is 0.343 e. The van der Waals surface area contributed by atoms with Gasteiger partial charge >= 0.3 is 0 Å². The molecule has 0 saturated heterocycles. The number of halogens is 2. The van der Waals surface area contributed by atoms with Gasteiger partial charge in [-0.1, -0.05) is 34.1 Å². The number of amides is 1. The van der Waals surface area contributed by atoms with Crippen LogP contribution in [0.4, 0.5) is 4.39 Å². The number of aromatic amines is 1. The third-order valence-corrected chi connectivity index (χ3v) is 6.15. The van der Waals surface area contributed by atoms with E-state index in [9.17, 15) is 9.18 Å². The predicted molar refractivity (Wildman–Crippen MR) is 101 cm³/mol. The zero-order chi connectivity index (χ0) is 18.1. The molecule has 0 spiro atoms. The molecule has 3 aromatic rings. The third-order valence-electron chi connectivity index (χ3n) is 4.05. The molecule has 0 aliphatic carbocycles. The van der Waals surface area contributed by atoms with Crippen LogP contribution in [0.15, 0.2) is 46.7 Å². The number of rotatable bonds is 4. The molecule has 2 aromatic heterocycles. The second kappa shape index (κ2) is 7.16. The Bertz CT molecular complexity index is 994. The van der Waals surface area contributed by atoms with E-state index in [1.165, 1.54) is 24.2 Å². The van der Waals surface area contributed by atoms with Gasteiger partial charge in [-0.05, 0) is 17.0 Å². The highest BCUT2D eigenvalue weighted by Gasteiger charge is 2.34.